The van der Waals surface area contributed by atoms with Gasteiger partial charge in [-0.3, -0.25) is 5.32 Å². The molecule has 1 rings (SSSR count). The first-order valence-corrected chi connectivity index (χ1v) is 5.25. The lowest BCUT2D eigenvalue weighted by Crippen LogP contribution is -2.37. The maximum absolute atomic E-state index is 11.7. The molecule has 0 amide bonds. The molecule has 0 spiro atoms. The fourth-order valence-corrected chi connectivity index (χ4v) is 1.04. The van der Waals surface area contributed by atoms with Gasteiger partial charge in [-0.15, -0.1) is 0 Å². The van der Waals surface area contributed by atoms with Gasteiger partial charge in [0.05, 0.1) is 12.2 Å². The number of carbonyl (C=O) groups excluding carboxylic acids is 1. The Labute approximate surface area is 91.1 Å². The van der Waals surface area contributed by atoms with Crippen molar-refractivity contribution in [2.45, 2.75) is 33.8 Å². The molecule has 0 aromatic heterocycles. The number of carbonyl (C=O) groups is 1. The normalized spacial score (nSPS) is 18.8. The Morgan fingerprint density at radius 1 is 1.53 bits per heavy atom. The highest BCUT2D eigenvalue weighted by Crippen LogP contribution is 2.22. The summed E-state index contributed by atoms with van der Waals surface area (Å²) in [5.74, 6) is -0.239. The van der Waals surface area contributed by atoms with Crippen molar-refractivity contribution in [1.82, 2.24) is 10.6 Å². The summed E-state index contributed by atoms with van der Waals surface area (Å²) in [6.07, 6.45) is 1.63. The smallest absolute Gasteiger partial charge is 0.337 e. The Balaban J connectivity index is 2.52. The van der Waals surface area contributed by atoms with Crippen LogP contribution in [0.15, 0.2) is 11.8 Å². The Morgan fingerprint density at radius 3 is 2.67 bits per heavy atom. The maximum Gasteiger partial charge on any atom is 0.337 e. The minimum absolute atomic E-state index is 0.0221. The van der Waals surface area contributed by atoms with E-state index in [9.17, 15) is 4.79 Å². The largest absolute Gasteiger partial charge is 0.459 e. The van der Waals surface area contributed by atoms with Crippen LogP contribution in [0.4, 0.5) is 0 Å². The minimum Gasteiger partial charge on any atom is -0.459 e. The van der Waals surface area contributed by atoms with Crippen LogP contribution in [-0.4, -0.2) is 25.3 Å². The van der Waals surface area contributed by atoms with Gasteiger partial charge in [0.25, 0.3) is 0 Å². The molecule has 0 bridgehead atoms. The Morgan fingerprint density at radius 2 is 2.20 bits per heavy atom. The van der Waals surface area contributed by atoms with Gasteiger partial charge in [-0.1, -0.05) is 20.8 Å². The summed E-state index contributed by atoms with van der Waals surface area (Å²) in [6, 6.07) is 0. The van der Waals surface area contributed by atoms with Crippen LogP contribution in [-0.2, 0) is 9.53 Å². The van der Waals surface area contributed by atoms with Crippen LogP contribution in [0.3, 0.4) is 0 Å². The molecule has 0 saturated carbocycles. The first kappa shape index (κ1) is 12.0. The van der Waals surface area contributed by atoms with Gasteiger partial charge >= 0.3 is 5.97 Å². The summed E-state index contributed by atoms with van der Waals surface area (Å²) < 4.78 is 5.37. The third-order valence-corrected chi connectivity index (χ3v) is 2.58. The minimum atomic E-state index is -0.239. The van der Waals surface area contributed by atoms with Gasteiger partial charge in [-0.05, 0) is 12.3 Å². The molecule has 1 aliphatic rings. The zero-order valence-corrected chi connectivity index (χ0v) is 9.89. The molecule has 0 aromatic rings. The predicted octanol–water partition coefficient (Wildman–Crippen LogP) is 0.998. The summed E-state index contributed by atoms with van der Waals surface area (Å²) in [4.78, 5) is 11.7. The first-order chi connectivity index (χ1) is 6.91. The van der Waals surface area contributed by atoms with Crippen molar-refractivity contribution in [3.63, 3.8) is 0 Å². The van der Waals surface area contributed by atoms with Crippen molar-refractivity contribution in [3.05, 3.63) is 11.8 Å². The van der Waals surface area contributed by atoms with E-state index in [1.54, 1.807) is 6.20 Å². The van der Waals surface area contributed by atoms with E-state index in [0.717, 1.165) is 0 Å². The highest BCUT2D eigenvalue weighted by Gasteiger charge is 2.25. The van der Waals surface area contributed by atoms with Crippen molar-refractivity contribution >= 4 is 5.97 Å². The van der Waals surface area contributed by atoms with Crippen LogP contribution in [0.5, 0.6) is 0 Å². The van der Waals surface area contributed by atoms with Gasteiger partial charge < -0.3 is 10.1 Å². The van der Waals surface area contributed by atoms with E-state index in [1.807, 2.05) is 6.92 Å². The lowest BCUT2D eigenvalue weighted by Gasteiger charge is -2.27. The van der Waals surface area contributed by atoms with E-state index in [2.05, 4.69) is 31.4 Å². The Hall–Kier alpha value is -1.03. The van der Waals surface area contributed by atoms with Gasteiger partial charge in [-0.25, -0.2) is 4.79 Å². The lowest BCUT2D eigenvalue weighted by atomic mass is 9.90. The van der Waals surface area contributed by atoms with Gasteiger partial charge in [0.1, 0.15) is 6.10 Å². The predicted molar refractivity (Wildman–Crippen MR) is 59.1 cm³/mol. The van der Waals surface area contributed by atoms with E-state index in [4.69, 9.17) is 4.74 Å². The number of rotatable bonds is 2. The van der Waals surface area contributed by atoms with Crippen LogP contribution in [0.2, 0.25) is 0 Å². The van der Waals surface area contributed by atoms with E-state index in [1.165, 1.54) is 0 Å². The van der Waals surface area contributed by atoms with Crippen molar-refractivity contribution in [3.8, 4) is 0 Å². The first-order valence-electron chi connectivity index (χ1n) is 5.25. The molecule has 0 aromatic carbocycles. The molecule has 86 valence electrons. The quantitative estimate of drug-likeness (QED) is 0.670. The maximum atomic E-state index is 11.7. The Kier molecular flexibility index (Phi) is 3.74. The lowest BCUT2D eigenvalue weighted by molar-refractivity contribution is -0.148. The molecule has 1 unspecified atom stereocenters. The van der Waals surface area contributed by atoms with Gasteiger partial charge in [-0.2, -0.15) is 0 Å². The number of hydrogen-bond donors (Lipinski definition) is 2. The molecule has 1 heterocycles. The fraction of sp³-hybridized carbons (Fsp3) is 0.727. The van der Waals surface area contributed by atoms with Gasteiger partial charge in [0.2, 0.25) is 0 Å². The van der Waals surface area contributed by atoms with E-state index >= 15 is 0 Å². The summed E-state index contributed by atoms with van der Waals surface area (Å²) in [5.41, 5.74) is 0.628. The van der Waals surface area contributed by atoms with Crippen LogP contribution in [0.1, 0.15) is 27.7 Å². The molecule has 15 heavy (non-hydrogen) atoms. The molecule has 0 radical (unpaired) electrons. The number of ether oxygens (including phenoxy) is 1. The van der Waals surface area contributed by atoms with Gasteiger partial charge in [0, 0.05) is 12.7 Å². The third kappa shape index (κ3) is 3.55. The molecule has 4 heteroatoms. The second-order valence-electron chi connectivity index (χ2n) is 4.89. The second kappa shape index (κ2) is 4.66. The molecule has 1 atom stereocenters. The van der Waals surface area contributed by atoms with Crippen molar-refractivity contribution < 1.29 is 9.53 Å². The highest BCUT2D eigenvalue weighted by atomic mass is 16.5. The molecule has 4 nitrogen and oxygen atoms in total. The molecular formula is C11H20N2O2. The van der Waals surface area contributed by atoms with Crippen molar-refractivity contribution in [2.24, 2.45) is 5.41 Å². The molecule has 0 fully saturated rings. The van der Waals surface area contributed by atoms with Crippen LogP contribution >= 0.6 is 0 Å². The topological polar surface area (TPSA) is 50.4 Å². The molecule has 0 aliphatic carbocycles. The molecular weight excluding hydrogens is 192 g/mol. The zero-order valence-electron chi connectivity index (χ0n) is 9.89. The zero-order chi connectivity index (χ0) is 11.5. The standard InChI is InChI=1S/C11H20N2O2/c1-8(11(2,3)4)15-10(14)9-5-12-7-13-6-9/h5,8,12-13H,6-7H2,1-4H3. The summed E-state index contributed by atoms with van der Waals surface area (Å²) in [6.45, 7) is 9.35. The van der Waals surface area contributed by atoms with E-state index in [-0.39, 0.29) is 17.5 Å². The average molecular weight is 212 g/mol. The van der Waals surface area contributed by atoms with Crippen LogP contribution in [0, 0.1) is 5.41 Å². The highest BCUT2D eigenvalue weighted by molar-refractivity contribution is 5.89. The van der Waals surface area contributed by atoms with Crippen molar-refractivity contribution in [2.75, 3.05) is 13.2 Å². The Bertz CT molecular complexity index is 266. The molecule has 0 saturated heterocycles. The second-order valence-corrected chi connectivity index (χ2v) is 4.89. The number of hydrogen-bond acceptors (Lipinski definition) is 4. The fourth-order valence-electron chi connectivity index (χ4n) is 1.04. The molecule has 1 aliphatic heterocycles. The SMILES string of the molecule is CC(OC(=O)C1=CNCNC1)C(C)(C)C. The molecule has 2 N–H and O–H groups in total. The summed E-state index contributed by atoms with van der Waals surface area (Å²) in [5, 5.41) is 6.00. The number of esters is 1. The third-order valence-electron chi connectivity index (χ3n) is 2.58. The summed E-state index contributed by atoms with van der Waals surface area (Å²) in [7, 11) is 0. The monoisotopic (exact) mass is 212 g/mol. The van der Waals surface area contributed by atoms with Crippen LogP contribution < -0.4 is 10.6 Å². The van der Waals surface area contributed by atoms with Gasteiger partial charge in [0.15, 0.2) is 0 Å². The average Bonchev–Trinajstić information content (AvgIpc) is 2.17. The van der Waals surface area contributed by atoms with Crippen molar-refractivity contribution in [1.29, 1.82) is 0 Å². The summed E-state index contributed by atoms with van der Waals surface area (Å²) >= 11 is 0. The van der Waals surface area contributed by atoms with E-state index in [0.29, 0.717) is 18.8 Å². The van der Waals surface area contributed by atoms with E-state index < -0.39 is 0 Å². The number of nitrogens with one attached hydrogen (secondary N) is 2. The van der Waals surface area contributed by atoms with Crippen LogP contribution in [0.25, 0.3) is 0 Å².